The summed E-state index contributed by atoms with van der Waals surface area (Å²) in [6.45, 7) is 2.60. The normalized spacial score (nSPS) is 12.5. The van der Waals surface area contributed by atoms with Crippen LogP contribution in [0.1, 0.15) is 6.92 Å². The number of ether oxygens (including phenoxy) is 1. The molecule has 1 N–H and O–H groups in total. The molecule has 0 fully saturated rings. The Labute approximate surface area is 82.3 Å². The van der Waals surface area contributed by atoms with E-state index in [0.29, 0.717) is 17.6 Å². The third-order valence-electron chi connectivity index (χ3n) is 1.41. The second-order valence-electron chi connectivity index (χ2n) is 2.73. The van der Waals surface area contributed by atoms with Crippen LogP contribution in [0.4, 0.5) is 5.95 Å². The molecule has 0 aliphatic heterocycles. The van der Waals surface area contributed by atoms with E-state index >= 15 is 0 Å². The molecule has 0 aliphatic rings. The Morgan fingerprint density at radius 2 is 2.15 bits per heavy atom. The largest absolute Gasteiger partial charge is 0.383 e. The number of rotatable bonds is 4. The van der Waals surface area contributed by atoms with Crippen molar-refractivity contribution < 1.29 is 4.74 Å². The highest BCUT2D eigenvalue weighted by atomic mass is 35.5. The van der Waals surface area contributed by atoms with Crippen molar-refractivity contribution >= 4 is 17.5 Å². The number of methoxy groups -OCH3 is 1. The molecule has 0 bridgehead atoms. The molecule has 0 spiro atoms. The van der Waals surface area contributed by atoms with E-state index in [2.05, 4.69) is 15.3 Å². The first kappa shape index (κ1) is 10.2. The molecule has 0 amide bonds. The lowest BCUT2D eigenvalue weighted by atomic mass is 10.4. The maximum absolute atomic E-state index is 5.63. The molecule has 0 aliphatic carbocycles. The highest BCUT2D eigenvalue weighted by Crippen LogP contribution is 2.06. The minimum Gasteiger partial charge on any atom is -0.383 e. The molecule has 72 valence electrons. The van der Waals surface area contributed by atoms with Gasteiger partial charge in [-0.2, -0.15) is 0 Å². The fraction of sp³-hybridized carbons (Fsp3) is 0.500. The molecule has 1 atom stereocenters. The van der Waals surface area contributed by atoms with E-state index in [1.165, 1.54) is 0 Å². The number of hydrogen-bond acceptors (Lipinski definition) is 4. The van der Waals surface area contributed by atoms with Crippen LogP contribution in [0.5, 0.6) is 0 Å². The van der Waals surface area contributed by atoms with E-state index in [1.54, 1.807) is 19.5 Å². The molecule has 0 aromatic carbocycles. The first-order valence-electron chi connectivity index (χ1n) is 3.95. The number of halogens is 1. The van der Waals surface area contributed by atoms with Crippen molar-refractivity contribution in [1.82, 2.24) is 9.97 Å². The Kier molecular flexibility index (Phi) is 3.92. The van der Waals surface area contributed by atoms with Gasteiger partial charge in [0.2, 0.25) is 5.95 Å². The minimum atomic E-state index is 0.186. The van der Waals surface area contributed by atoms with Crippen molar-refractivity contribution in [2.75, 3.05) is 19.0 Å². The van der Waals surface area contributed by atoms with Gasteiger partial charge in [0.05, 0.1) is 24.0 Å². The Balaban J connectivity index is 2.49. The predicted molar refractivity (Wildman–Crippen MR) is 52.0 cm³/mol. The zero-order valence-corrected chi connectivity index (χ0v) is 8.38. The van der Waals surface area contributed by atoms with E-state index in [4.69, 9.17) is 16.3 Å². The van der Waals surface area contributed by atoms with E-state index in [9.17, 15) is 0 Å². The number of nitrogens with one attached hydrogen (secondary N) is 1. The molecule has 0 saturated heterocycles. The minimum absolute atomic E-state index is 0.186. The lowest BCUT2D eigenvalue weighted by Gasteiger charge is -2.11. The smallest absolute Gasteiger partial charge is 0.222 e. The number of anilines is 1. The molecule has 1 unspecified atom stereocenters. The standard InChI is InChI=1S/C8H12ClN3O/c1-6(5-13-2)12-8-10-3-7(9)4-11-8/h3-4,6H,5H2,1-2H3,(H,10,11,12). The van der Waals surface area contributed by atoms with Crippen LogP contribution < -0.4 is 5.32 Å². The van der Waals surface area contributed by atoms with Gasteiger partial charge in [0, 0.05) is 13.2 Å². The van der Waals surface area contributed by atoms with Gasteiger partial charge in [-0.25, -0.2) is 9.97 Å². The Morgan fingerprint density at radius 3 is 2.69 bits per heavy atom. The topological polar surface area (TPSA) is 47.0 Å². The summed E-state index contributed by atoms with van der Waals surface area (Å²) < 4.78 is 4.96. The number of hydrogen-bond donors (Lipinski definition) is 1. The second-order valence-corrected chi connectivity index (χ2v) is 3.16. The first-order valence-corrected chi connectivity index (χ1v) is 4.33. The molecule has 0 radical (unpaired) electrons. The van der Waals surface area contributed by atoms with Crippen LogP contribution >= 0.6 is 11.6 Å². The van der Waals surface area contributed by atoms with Gasteiger partial charge < -0.3 is 10.1 Å². The van der Waals surface area contributed by atoms with Crippen molar-refractivity contribution in [3.05, 3.63) is 17.4 Å². The van der Waals surface area contributed by atoms with Crippen LogP contribution in [0, 0.1) is 0 Å². The third kappa shape index (κ3) is 3.57. The molecular weight excluding hydrogens is 190 g/mol. The van der Waals surface area contributed by atoms with Crippen LogP contribution in [0.15, 0.2) is 12.4 Å². The quantitative estimate of drug-likeness (QED) is 0.804. The van der Waals surface area contributed by atoms with Gasteiger partial charge in [0.25, 0.3) is 0 Å². The summed E-state index contributed by atoms with van der Waals surface area (Å²) in [5, 5.41) is 3.60. The maximum Gasteiger partial charge on any atom is 0.222 e. The molecule has 1 aromatic heterocycles. The monoisotopic (exact) mass is 201 g/mol. The van der Waals surface area contributed by atoms with Gasteiger partial charge in [0.15, 0.2) is 0 Å². The van der Waals surface area contributed by atoms with Gasteiger partial charge in [0.1, 0.15) is 0 Å². The van der Waals surface area contributed by atoms with Crippen molar-refractivity contribution in [3.8, 4) is 0 Å². The summed E-state index contributed by atoms with van der Waals surface area (Å²) in [5.74, 6) is 0.564. The van der Waals surface area contributed by atoms with Crippen LogP contribution in [0.3, 0.4) is 0 Å². The van der Waals surface area contributed by atoms with E-state index in [0.717, 1.165) is 0 Å². The van der Waals surface area contributed by atoms with E-state index in [1.807, 2.05) is 6.92 Å². The summed E-state index contributed by atoms with van der Waals surface area (Å²) >= 11 is 5.63. The van der Waals surface area contributed by atoms with Gasteiger partial charge in [-0.15, -0.1) is 0 Å². The fourth-order valence-corrected chi connectivity index (χ4v) is 0.996. The Morgan fingerprint density at radius 1 is 1.54 bits per heavy atom. The van der Waals surface area contributed by atoms with E-state index in [-0.39, 0.29) is 6.04 Å². The van der Waals surface area contributed by atoms with Gasteiger partial charge in [-0.3, -0.25) is 0 Å². The summed E-state index contributed by atoms with van der Waals surface area (Å²) in [4.78, 5) is 7.98. The average Bonchev–Trinajstić information content (AvgIpc) is 2.09. The number of nitrogens with zero attached hydrogens (tertiary/aromatic N) is 2. The molecule has 5 heteroatoms. The van der Waals surface area contributed by atoms with Crippen LogP contribution in [-0.2, 0) is 4.74 Å². The highest BCUT2D eigenvalue weighted by molar-refractivity contribution is 6.30. The molecule has 1 aromatic rings. The van der Waals surface area contributed by atoms with Crippen LogP contribution in [-0.4, -0.2) is 29.7 Å². The highest BCUT2D eigenvalue weighted by Gasteiger charge is 2.02. The zero-order chi connectivity index (χ0) is 9.68. The summed E-state index contributed by atoms with van der Waals surface area (Å²) in [6, 6.07) is 0.186. The zero-order valence-electron chi connectivity index (χ0n) is 7.62. The average molecular weight is 202 g/mol. The number of aromatic nitrogens is 2. The predicted octanol–water partition coefficient (Wildman–Crippen LogP) is 1.58. The lowest BCUT2D eigenvalue weighted by molar-refractivity contribution is 0.190. The van der Waals surface area contributed by atoms with E-state index < -0.39 is 0 Å². The molecule has 4 nitrogen and oxygen atoms in total. The SMILES string of the molecule is COCC(C)Nc1ncc(Cl)cn1. The van der Waals surface area contributed by atoms with Crippen molar-refractivity contribution in [2.24, 2.45) is 0 Å². The van der Waals surface area contributed by atoms with Gasteiger partial charge >= 0.3 is 0 Å². The summed E-state index contributed by atoms with van der Waals surface area (Å²) in [5.41, 5.74) is 0. The van der Waals surface area contributed by atoms with Crippen molar-refractivity contribution in [1.29, 1.82) is 0 Å². The second kappa shape index (κ2) is 4.99. The van der Waals surface area contributed by atoms with Crippen LogP contribution in [0.25, 0.3) is 0 Å². The van der Waals surface area contributed by atoms with Gasteiger partial charge in [-0.05, 0) is 6.92 Å². The third-order valence-corrected chi connectivity index (χ3v) is 1.61. The molecule has 0 saturated carbocycles. The van der Waals surface area contributed by atoms with Crippen molar-refractivity contribution in [3.63, 3.8) is 0 Å². The molecule has 1 rings (SSSR count). The first-order chi connectivity index (χ1) is 6.22. The van der Waals surface area contributed by atoms with Crippen molar-refractivity contribution in [2.45, 2.75) is 13.0 Å². The summed E-state index contributed by atoms with van der Waals surface area (Å²) in [7, 11) is 1.65. The fourth-order valence-electron chi connectivity index (χ4n) is 0.899. The van der Waals surface area contributed by atoms with Crippen LogP contribution in [0.2, 0.25) is 5.02 Å². The Bertz CT molecular complexity index is 252. The summed E-state index contributed by atoms with van der Waals surface area (Å²) in [6.07, 6.45) is 3.10. The van der Waals surface area contributed by atoms with Gasteiger partial charge in [-0.1, -0.05) is 11.6 Å². The Hall–Kier alpha value is -0.870. The molecular formula is C8H12ClN3O. The lowest BCUT2D eigenvalue weighted by Crippen LogP contribution is -2.22. The molecule has 13 heavy (non-hydrogen) atoms. The molecule has 1 heterocycles. The maximum atomic E-state index is 5.63.